The molecular formula is C26H30N4O3. The molecule has 172 valence electrons. The molecule has 1 aromatic heterocycles. The summed E-state index contributed by atoms with van der Waals surface area (Å²) in [6, 6.07) is 15.5. The van der Waals surface area contributed by atoms with Gasteiger partial charge in [-0.25, -0.2) is 9.97 Å². The number of aliphatic hydroxyl groups is 1. The van der Waals surface area contributed by atoms with Crippen molar-refractivity contribution < 1.29 is 14.6 Å². The van der Waals surface area contributed by atoms with Gasteiger partial charge in [0.15, 0.2) is 5.82 Å². The Balaban J connectivity index is 1.37. The van der Waals surface area contributed by atoms with E-state index in [-0.39, 0.29) is 18.6 Å². The van der Waals surface area contributed by atoms with Crippen LogP contribution in [0.25, 0.3) is 22.3 Å². The summed E-state index contributed by atoms with van der Waals surface area (Å²) < 4.78 is 5.53. The second-order valence-electron chi connectivity index (χ2n) is 9.02. The fourth-order valence-corrected chi connectivity index (χ4v) is 5.34. The van der Waals surface area contributed by atoms with Crippen LogP contribution in [0.15, 0.2) is 48.5 Å². The van der Waals surface area contributed by atoms with Gasteiger partial charge >= 0.3 is 0 Å². The van der Waals surface area contributed by atoms with Crippen LogP contribution in [-0.4, -0.2) is 64.8 Å². The van der Waals surface area contributed by atoms with Gasteiger partial charge in [-0.1, -0.05) is 18.2 Å². The minimum Gasteiger partial charge on any atom is -0.494 e. The van der Waals surface area contributed by atoms with Gasteiger partial charge in [-0.2, -0.15) is 0 Å². The van der Waals surface area contributed by atoms with E-state index in [0.717, 1.165) is 54.7 Å². The SMILES string of the molecule is CCOc1ccc(-c2nc(C(=O)NC3C[C@@H]4CN(CCO)C[C@@H]4C3)c3ccccc3n2)cc1. The van der Waals surface area contributed by atoms with Crippen LogP contribution in [0.1, 0.15) is 30.3 Å². The van der Waals surface area contributed by atoms with E-state index in [4.69, 9.17) is 14.7 Å². The second-order valence-corrected chi connectivity index (χ2v) is 9.02. The summed E-state index contributed by atoms with van der Waals surface area (Å²) in [5.41, 5.74) is 2.02. The molecule has 2 fully saturated rings. The van der Waals surface area contributed by atoms with Crippen molar-refractivity contribution in [3.05, 3.63) is 54.2 Å². The molecule has 0 spiro atoms. The summed E-state index contributed by atoms with van der Waals surface area (Å²) in [5, 5.41) is 13.2. The summed E-state index contributed by atoms with van der Waals surface area (Å²) >= 11 is 0. The molecule has 1 saturated carbocycles. The predicted molar refractivity (Wildman–Crippen MR) is 127 cm³/mol. The van der Waals surface area contributed by atoms with E-state index in [1.807, 2.05) is 55.5 Å². The van der Waals surface area contributed by atoms with Gasteiger partial charge in [0.25, 0.3) is 5.91 Å². The van der Waals surface area contributed by atoms with Crippen molar-refractivity contribution in [1.29, 1.82) is 0 Å². The van der Waals surface area contributed by atoms with Gasteiger partial charge in [-0.15, -0.1) is 0 Å². The average Bonchev–Trinajstić information content (AvgIpc) is 3.37. The van der Waals surface area contributed by atoms with Gasteiger partial charge in [-0.3, -0.25) is 4.79 Å². The Hall–Kier alpha value is -3.03. The van der Waals surface area contributed by atoms with Crippen molar-refractivity contribution in [2.45, 2.75) is 25.8 Å². The first-order valence-corrected chi connectivity index (χ1v) is 11.8. The zero-order valence-electron chi connectivity index (χ0n) is 18.9. The minimum absolute atomic E-state index is 0.141. The first-order chi connectivity index (χ1) is 16.1. The molecule has 1 unspecified atom stereocenters. The van der Waals surface area contributed by atoms with E-state index >= 15 is 0 Å². The number of aromatic nitrogens is 2. The number of benzene rings is 2. The van der Waals surface area contributed by atoms with Crippen molar-refractivity contribution in [1.82, 2.24) is 20.2 Å². The Kier molecular flexibility index (Phi) is 6.24. The molecular weight excluding hydrogens is 416 g/mol. The zero-order valence-corrected chi connectivity index (χ0v) is 18.9. The van der Waals surface area contributed by atoms with Crippen LogP contribution in [-0.2, 0) is 0 Å². The number of para-hydroxylation sites is 1. The second kappa shape index (κ2) is 9.45. The standard InChI is InChI=1S/C26H30N4O3/c1-2-33-21-9-7-17(8-10-21)25-28-23-6-4-3-5-22(23)24(29-25)26(32)27-20-13-18-15-30(11-12-31)16-19(18)14-20/h3-10,18-20,31H,2,11-16H2,1H3,(H,27,32)/t18-,19+,20?. The van der Waals surface area contributed by atoms with Crippen LogP contribution in [0.3, 0.4) is 0 Å². The van der Waals surface area contributed by atoms with E-state index in [1.165, 1.54) is 0 Å². The molecule has 7 heteroatoms. The van der Waals surface area contributed by atoms with Crippen molar-refractivity contribution in [2.24, 2.45) is 11.8 Å². The van der Waals surface area contributed by atoms with E-state index < -0.39 is 0 Å². The molecule has 2 aliphatic rings. The summed E-state index contributed by atoms with van der Waals surface area (Å²) in [6.07, 6.45) is 1.96. The number of carbonyl (C=O) groups excluding carboxylic acids is 1. The number of fused-ring (bicyclic) bond motifs is 2. The lowest BCUT2D eigenvalue weighted by molar-refractivity contribution is 0.0932. The Morgan fingerprint density at radius 3 is 2.52 bits per heavy atom. The predicted octanol–water partition coefficient (Wildman–Crippen LogP) is 3.13. The number of likely N-dealkylation sites (tertiary alicyclic amines) is 1. The molecule has 1 aliphatic heterocycles. The van der Waals surface area contributed by atoms with Crippen molar-refractivity contribution in [3.8, 4) is 17.1 Å². The third-order valence-corrected chi connectivity index (χ3v) is 6.82. The molecule has 3 aromatic rings. The number of rotatable bonds is 7. The fourth-order valence-electron chi connectivity index (χ4n) is 5.34. The average molecular weight is 447 g/mol. The number of ether oxygens (including phenoxy) is 1. The summed E-state index contributed by atoms with van der Waals surface area (Å²) in [5.74, 6) is 2.36. The number of nitrogens with zero attached hydrogens (tertiary/aromatic N) is 3. The number of nitrogens with one attached hydrogen (secondary N) is 1. The molecule has 1 saturated heterocycles. The summed E-state index contributed by atoms with van der Waals surface area (Å²) in [4.78, 5) is 25.1. The fraction of sp³-hybridized carbons (Fsp3) is 0.423. The highest BCUT2D eigenvalue weighted by molar-refractivity contribution is 6.05. The van der Waals surface area contributed by atoms with Gasteiger partial charge < -0.3 is 20.1 Å². The molecule has 0 bridgehead atoms. The minimum atomic E-state index is -0.141. The molecule has 2 heterocycles. The van der Waals surface area contributed by atoms with Crippen molar-refractivity contribution >= 4 is 16.8 Å². The molecule has 5 rings (SSSR count). The number of carbonyl (C=O) groups is 1. The van der Waals surface area contributed by atoms with E-state index in [0.29, 0.717) is 30.0 Å². The zero-order chi connectivity index (χ0) is 22.8. The van der Waals surface area contributed by atoms with Crippen LogP contribution in [0.4, 0.5) is 0 Å². The number of amides is 1. The van der Waals surface area contributed by atoms with Gasteiger partial charge in [0.05, 0.1) is 18.7 Å². The normalized spacial score (nSPS) is 22.4. The maximum Gasteiger partial charge on any atom is 0.270 e. The summed E-state index contributed by atoms with van der Waals surface area (Å²) in [6.45, 7) is 5.53. The van der Waals surface area contributed by atoms with Gasteiger partial charge in [0, 0.05) is 36.6 Å². The Labute approximate surface area is 193 Å². The first kappa shape index (κ1) is 21.8. The topological polar surface area (TPSA) is 87.6 Å². The number of hydrogen-bond acceptors (Lipinski definition) is 6. The monoisotopic (exact) mass is 446 g/mol. The number of β-amino-alcohol motifs (C(OH)–C–C–N with tert-alkyl or cyclic N) is 1. The van der Waals surface area contributed by atoms with Crippen LogP contribution in [0.2, 0.25) is 0 Å². The van der Waals surface area contributed by atoms with Gasteiger partial charge in [0.1, 0.15) is 11.4 Å². The Bertz CT molecular complexity index is 1120. The maximum atomic E-state index is 13.4. The smallest absolute Gasteiger partial charge is 0.270 e. The highest BCUT2D eigenvalue weighted by Crippen LogP contribution is 2.38. The first-order valence-electron chi connectivity index (χ1n) is 11.8. The highest BCUT2D eigenvalue weighted by atomic mass is 16.5. The Morgan fingerprint density at radius 2 is 1.82 bits per heavy atom. The molecule has 1 aliphatic carbocycles. The van der Waals surface area contributed by atoms with Gasteiger partial charge in [-0.05, 0) is 61.9 Å². The molecule has 1 amide bonds. The quantitative estimate of drug-likeness (QED) is 0.580. The summed E-state index contributed by atoms with van der Waals surface area (Å²) in [7, 11) is 0. The van der Waals surface area contributed by atoms with Crippen LogP contribution in [0, 0.1) is 11.8 Å². The van der Waals surface area contributed by atoms with E-state index in [9.17, 15) is 9.90 Å². The Morgan fingerprint density at radius 1 is 1.09 bits per heavy atom. The molecule has 2 N–H and O–H groups in total. The van der Waals surface area contributed by atoms with Crippen LogP contribution >= 0.6 is 0 Å². The third-order valence-electron chi connectivity index (χ3n) is 6.82. The molecule has 7 nitrogen and oxygen atoms in total. The molecule has 33 heavy (non-hydrogen) atoms. The maximum absolute atomic E-state index is 13.4. The highest BCUT2D eigenvalue weighted by Gasteiger charge is 2.41. The number of hydrogen-bond donors (Lipinski definition) is 2. The lowest BCUT2D eigenvalue weighted by atomic mass is 10.0. The largest absolute Gasteiger partial charge is 0.494 e. The molecule has 3 atom stereocenters. The lowest BCUT2D eigenvalue weighted by Gasteiger charge is -2.19. The number of aliphatic hydroxyl groups excluding tert-OH is 1. The van der Waals surface area contributed by atoms with Crippen molar-refractivity contribution in [2.75, 3.05) is 32.8 Å². The van der Waals surface area contributed by atoms with Crippen molar-refractivity contribution in [3.63, 3.8) is 0 Å². The van der Waals surface area contributed by atoms with Crippen LogP contribution < -0.4 is 10.1 Å². The molecule has 2 aromatic carbocycles. The third kappa shape index (κ3) is 4.56. The van der Waals surface area contributed by atoms with Gasteiger partial charge in [0.2, 0.25) is 0 Å². The lowest BCUT2D eigenvalue weighted by Crippen LogP contribution is -2.35. The molecule has 0 radical (unpaired) electrons. The van der Waals surface area contributed by atoms with E-state index in [2.05, 4.69) is 10.2 Å². The van der Waals surface area contributed by atoms with E-state index in [1.54, 1.807) is 0 Å². The van der Waals surface area contributed by atoms with Crippen LogP contribution in [0.5, 0.6) is 5.75 Å².